The third kappa shape index (κ3) is 1.78. The molecule has 1 N–H and O–H groups in total. The summed E-state index contributed by atoms with van der Waals surface area (Å²) in [5.74, 6) is 0.389. The van der Waals surface area contributed by atoms with Gasteiger partial charge in [-0.25, -0.2) is 0 Å². The Morgan fingerprint density at radius 1 is 1.00 bits per heavy atom. The van der Waals surface area contributed by atoms with Crippen LogP contribution in [0.3, 0.4) is 0 Å². The van der Waals surface area contributed by atoms with Crippen molar-refractivity contribution in [2.24, 2.45) is 0 Å². The summed E-state index contributed by atoms with van der Waals surface area (Å²) in [4.78, 5) is 16.2. The number of benzene rings is 1. The molecule has 1 aromatic carbocycles. The summed E-state index contributed by atoms with van der Waals surface area (Å²) in [6.45, 7) is 0. The average Bonchev–Trinajstić information content (AvgIpc) is 2.39. The summed E-state index contributed by atoms with van der Waals surface area (Å²) in [6, 6.07) is 10.7. The van der Waals surface area contributed by atoms with Gasteiger partial charge in [0.05, 0.1) is 11.4 Å². The molecule has 2 aromatic rings. The average molecular weight is 239 g/mol. The van der Waals surface area contributed by atoms with E-state index in [-0.39, 0.29) is 11.5 Å². The van der Waals surface area contributed by atoms with Gasteiger partial charge in [0.15, 0.2) is 5.78 Å². The van der Waals surface area contributed by atoms with Gasteiger partial charge < -0.3 is 5.11 Å². The number of rotatable bonds is 1. The van der Waals surface area contributed by atoms with Gasteiger partial charge in [0.25, 0.3) is 0 Å². The van der Waals surface area contributed by atoms with Crippen molar-refractivity contribution in [3.8, 4) is 17.0 Å². The number of fused-ring (bicyclic) bond motifs is 1. The quantitative estimate of drug-likeness (QED) is 0.832. The topological polar surface area (TPSA) is 50.2 Å². The summed E-state index contributed by atoms with van der Waals surface area (Å²) in [5.41, 5.74) is 3.02. The van der Waals surface area contributed by atoms with E-state index in [1.165, 1.54) is 0 Å². The van der Waals surface area contributed by atoms with Crippen LogP contribution in [0.4, 0.5) is 0 Å². The first-order valence-electron chi connectivity index (χ1n) is 6.07. The van der Waals surface area contributed by atoms with Gasteiger partial charge in [0, 0.05) is 17.5 Å². The number of phenols is 1. The number of aromatic nitrogens is 1. The lowest BCUT2D eigenvalue weighted by molar-refractivity contribution is 0.0971. The van der Waals surface area contributed by atoms with E-state index in [0.717, 1.165) is 29.8 Å². The molecule has 0 amide bonds. The molecule has 3 nitrogen and oxygen atoms in total. The van der Waals surface area contributed by atoms with Crippen molar-refractivity contribution >= 4 is 5.78 Å². The number of ketones is 1. The SMILES string of the molecule is O=C1CCCc2nc(-c3ccccc3O)ccc21. The van der Waals surface area contributed by atoms with Gasteiger partial charge in [-0.05, 0) is 37.1 Å². The fourth-order valence-corrected chi connectivity index (χ4v) is 2.34. The number of hydrogen-bond acceptors (Lipinski definition) is 3. The molecular weight excluding hydrogens is 226 g/mol. The highest BCUT2D eigenvalue weighted by Gasteiger charge is 2.19. The van der Waals surface area contributed by atoms with Crippen LogP contribution in [0.2, 0.25) is 0 Å². The Morgan fingerprint density at radius 2 is 1.83 bits per heavy atom. The van der Waals surface area contributed by atoms with Crippen molar-refractivity contribution < 1.29 is 9.90 Å². The smallest absolute Gasteiger partial charge is 0.164 e. The Balaban J connectivity index is 2.10. The lowest BCUT2D eigenvalue weighted by atomic mass is 9.94. The number of carbonyl (C=O) groups is 1. The minimum Gasteiger partial charge on any atom is -0.507 e. The number of para-hydroxylation sites is 1. The van der Waals surface area contributed by atoms with Crippen molar-refractivity contribution in [3.63, 3.8) is 0 Å². The van der Waals surface area contributed by atoms with Gasteiger partial charge in [-0.1, -0.05) is 12.1 Å². The molecule has 0 bridgehead atoms. The first kappa shape index (κ1) is 11.0. The maximum Gasteiger partial charge on any atom is 0.164 e. The molecule has 0 aliphatic heterocycles. The molecule has 0 fully saturated rings. The summed E-state index contributed by atoms with van der Waals surface area (Å²) in [7, 11) is 0. The number of carbonyl (C=O) groups excluding carboxylic acids is 1. The molecule has 0 radical (unpaired) electrons. The Hall–Kier alpha value is -2.16. The normalized spacial score (nSPS) is 14.3. The van der Waals surface area contributed by atoms with Gasteiger partial charge in [0.1, 0.15) is 5.75 Å². The van der Waals surface area contributed by atoms with Gasteiger partial charge >= 0.3 is 0 Å². The molecular formula is C15H13NO2. The Morgan fingerprint density at radius 3 is 2.67 bits per heavy atom. The van der Waals surface area contributed by atoms with Gasteiger partial charge in [-0.2, -0.15) is 0 Å². The van der Waals surface area contributed by atoms with Crippen molar-refractivity contribution in [1.82, 2.24) is 4.98 Å². The van der Waals surface area contributed by atoms with E-state index in [1.54, 1.807) is 18.2 Å². The Bertz CT molecular complexity index is 620. The minimum absolute atomic E-state index is 0.174. The molecule has 3 rings (SSSR count). The predicted molar refractivity (Wildman–Crippen MR) is 68.6 cm³/mol. The monoisotopic (exact) mass is 239 g/mol. The molecule has 1 aromatic heterocycles. The molecule has 1 heterocycles. The second-order valence-electron chi connectivity index (χ2n) is 4.48. The number of aromatic hydroxyl groups is 1. The van der Waals surface area contributed by atoms with Crippen LogP contribution in [-0.2, 0) is 6.42 Å². The minimum atomic E-state index is 0.174. The highest BCUT2D eigenvalue weighted by Crippen LogP contribution is 2.29. The number of aryl methyl sites for hydroxylation is 1. The molecule has 18 heavy (non-hydrogen) atoms. The number of nitrogens with zero attached hydrogens (tertiary/aromatic N) is 1. The van der Waals surface area contributed by atoms with Crippen molar-refractivity contribution in [1.29, 1.82) is 0 Å². The summed E-state index contributed by atoms with van der Waals surface area (Å²) < 4.78 is 0. The van der Waals surface area contributed by atoms with Crippen LogP contribution in [0.25, 0.3) is 11.3 Å². The van der Waals surface area contributed by atoms with Crippen molar-refractivity contribution in [2.45, 2.75) is 19.3 Å². The van der Waals surface area contributed by atoms with Crippen molar-refractivity contribution in [3.05, 3.63) is 47.7 Å². The highest BCUT2D eigenvalue weighted by molar-refractivity contribution is 5.98. The first-order valence-corrected chi connectivity index (χ1v) is 6.07. The predicted octanol–water partition coefficient (Wildman–Crippen LogP) is 2.97. The maximum atomic E-state index is 11.7. The number of Topliss-reactive ketones (excluding diaryl/α,β-unsaturated/α-hetero) is 1. The van der Waals surface area contributed by atoms with E-state index < -0.39 is 0 Å². The zero-order valence-corrected chi connectivity index (χ0v) is 9.89. The Labute approximate surface area is 105 Å². The fourth-order valence-electron chi connectivity index (χ4n) is 2.34. The van der Waals surface area contributed by atoms with E-state index in [4.69, 9.17) is 0 Å². The zero-order chi connectivity index (χ0) is 12.5. The van der Waals surface area contributed by atoms with Gasteiger partial charge in [-0.15, -0.1) is 0 Å². The molecule has 90 valence electrons. The van der Waals surface area contributed by atoms with Crippen molar-refractivity contribution in [2.75, 3.05) is 0 Å². The van der Waals surface area contributed by atoms with Crippen LogP contribution >= 0.6 is 0 Å². The molecule has 0 unspecified atom stereocenters. The molecule has 0 saturated heterocycles. The largest absolute Gasteiger partial charge is 0.507 e. The third-order valence-corrected chi connectivity index (χ3v) is 3.27. The Kier molecular flexibility index (Phi) is 2.59. The fraction of sp³-hybridized carbons (Fsp3) is 0.200. The highest BCUT2D eigenvalue weighted by atomic mass is 16.3. The van der Waals surface area contributed by atoms with E-state index in [1.807, 2.05) is 18.2 Å². The molecule has 0 atom stereocenters. The lowest BCUT2D eigenvalue weighted by Gasteiger charge is -2.14. The van der Waals surface area contributed by atoms with Gasteiger partial charge in [-0.3, -0.25) is 9.78 Å². The van der Waals surface area contributed by atoms with Gasteiger partial charge in [0.2, 0.25) is 0 Å². The standard InChI is InChI=1S/C15H13NO2/c17-14-6-2-1-4-10(14)13-9-8-11-12(16-13)5-3-7-15(11)18/h1-2,4,6,8-9,17H,3,5,7H2. The van der Waals surface area contributed by atoms with Crippen LogP contribution in [0.1, 0.15) is 28.9 Å². The van der Waals surface area contributed by atoms with Crippen LogP contribution in [-0.4, -0.2) is 15.9 Å². The van der Waals surface area contributed by atoms with Crippen LogP contribution in [0.15, 0.2) is 36.4 Å². The number of hydrogen-bond donors (Lipinski definition) is 1. The molecule has 1 aliphatic carbocycles. The first-order chi connectivity index (χ1) is 8.75. The van der Waals surface area contributed by atoms with E-state index in [9.17, 15) is 9.90 Å². The summed E-state index contributed by atoms with van der Waals surface area (Å²) in [6.07, 6.45) is 2.32. The molecule has 0 saturated carbocycles. The molecule has 0 spiro atoms. The number of phenolic OH excluding ortho intramolecular Hbond substituents is 1. The second kappa shape index (κ2) is 4.26. The third-order valence-electron chi connectivity index (χ3n) is 3.27. The molecule has 3 heteroatoms. The summed E-state index contributed by atoms with van der Waals surface area (Å²) >= 11 is 0. The lowest BCUT2D eigenvalue weighted by Crippen LogP contribution is -2.12. The van der Waals surface area contributed by atoms with Crippen LogP contribution < -0.4 is 0 Å². The maximum absolute atomic E-state index is 11.7. The van der Waals surface area contributed by atoms with E-state index >= 15 is 0 Å². The number of pyridine rings is 1. The van der Waals surface area contributed by atoms with E-state index in [0.29, 0.717) is 12.0 Å². The van der Waals surface area contributed by atoms with E-state index in [2.05, 4.69) is 4.98 Å². The van der Waals surface area contributed by atoms with Crippen LogP contribution in [0, 0.1) is 0 Å². The second-order valence-corrected chi connectivity index (χ2v) is 4.48. The van der Waals surface area contributed by atoms with Crippen LogP contribution in [0.5, 0.6) is 5.75 Å². The molecule has 1 aliphatic rings. The summed E-state index contributed by atoms with van der Waals surface area (Å²) in [5, 5.41) is 9.81. The zero-order valence-electron chi connectivity index (χ0n) is 9.89.